The van der Waals surface area contributed by atoms with Gasteiger partial charge in [0.1, 0.15) is 45.6 Å². The van der Waals surface area contributed by atoms with Crippen LogP contribution in [-0.2, 0) is 0 Å². The van der Waals surface area contributed by atoms with E-state index in [2.05, 4.69) is 0 Å². The van der Waals surface area contributed by atoms with E-state index in [1.165, 1.54) is 40.2 Å². The summed E-state index contributed by atoms with van der Waals surface area (Å²) in [6, 6.07) is 5.87. The Labute approximate surface area is 181 Å². The number of aromatic hydroxyl groups is 2. The molecular weight excluding hydrogens is 404 g/mol. The smallest absolute Gasteiger partial charge is 0.167 e. The molecule has 0 spiro atoms. The number of carbonyl (C=O) groups excluding carboxylic acids is 2. The summed E-state index contributed by atoms with van der Waals surface area (Å²) < 4.78 is 21.6. The van der Waals surface area contributed by atoms with Crippen LogP contribution in [0.1, 0.15) is 53.8 Å². The van der Waals surface area contributed by atoms with Gasteiger partial charge in [-0.25, -0.2) is 0 Å². The van der Waals surface area contributed by atoms with Crippen LogP contribution in [-0.4, -0.2) is 49.2 Å². The average molecular weight is 432 g/mol. The molecular formula is C23H28O8. The van der Waals surface area contributed by atoms with Gasteiger partial charge in [0.05, 0.1) is 27.4 Å². The Morgan fingerprint density at radius 3 is 1.42 bits per heavy atom. The minimum atomic E-state index is -0.300. The van der Waals surface area contributed by atoms with Crippen molar-refractivity contribution in [2.24, 2.45) is 0 Å². The maximum atomic E-state index is 11.8. The molecule has 0 bridgehead atoms. The summed E-state index contributed by atoms with van der Waals surface area (Å²) in [6.07, 6.45) is 2.12. The van der Waals surface area contributed by atoms with Gasteiger partial charge in [0.2, 0.25) is 0 Å². The molecule has 0 atom stereocenters. The molecule has 0 heterocycles. The van der Waals surface area contributed by atoms with Crippen LogP contribution in [0, 0.1) is 0 Å². The van der Waals surface area contributed by atoms with E-state index in [0.717, 1.165) is 6.42 Å². The minimum absolute atomic E-state index is 0.124. The highest BCUT2D eigenvalue weighted by Gasteiger charge is 2.17. The lowest BCUT2D eigenvalue weighted by Gasteiger charge is -2.14. The molecule has 0 amide bonds. The van der Waals surface area contributed by atoms with Gasteiger partial charge in [-0.05, 0) is 33.1 Å². The van der Waals surface area contributed by atoms with E-state index in [1.54, 1.807) is 12.1 Å². The molecule has 2 rings (SSSR count). The molecule has 0 aliphatic carbocycles. The molecule has 0 aliphatic rings. The van der Waals surface area contributed by atoms with E-state index in [0.29, 0.717) is 37.6 Å². The van der Waals surface area contributed by atoms with E-state index in [9.17, 15) is 19.8 Å². The number of hydrogen-bond donors (Lipinski definition) is 2. The molecule has 0 aromatic heterocycles. The summed E-state index contributed by atoms with van der Waals surface area (Å²) in [4.78, 5) is 23.6. The highest BCUT2D eigenvalue weighted by molar-refractivity contribution is 6.00. The van der Waals surface area contributed by atoms with Gasteiger partial charge in [0, 0.05) is 24.3 Å². The van der Waals surface area contributed by atoms with Gasteiger partial charge in [0.25, 0.3) is 0 Å². The fourth-order valence-electron chi connectivity index (χ4n) is 3.07. The van der Waals surface area contributed by atoms with Crippen LogP contribution >= 0.6 is 0 Å². The van der Waals surface area contributed by atoms with Crippen molar-refractivity contribution in [1.82, 2.24) is 0 Å². The van der Waals surface area contributed by atoms with E-state index in [1.807, 2.05) is 0 Å². The SMILES string of the molecule is COc1cc(O)c(C(C)=O)c(OCCCCCOc2cc(OC)cc(O)c2C(C)=O)c1. The second kappa shape index (κ2) is 11.1. The van der Waals surface area contributed by atoms with Crippen molar-refractivity contribution in [3.63, 3.8) is 0 Å². The molecule has 2 aromatic rings. The molecule has 0 unspecified atom stereocenters. The van der Waals surface area contributed by atoms with E-state index in [4.69, 9.17) is 18.9 Å². The number of methoxy groups -OCH3 is 2. The molecule has 0 saturated heterocycles. The fraction of sp³-hybridized carbons (Fsp3) is 0.391. The molecule has 0 aliphatic heterocycles. The average Bonchev–Trinajstić information content (AvgIpc) is 2.71. The van der Waals surface area contributed by atoms with Crippen LogP contribution in [0.15, 0.2) is 24.3 Å². The first kappa shape index (κ1) is 23.9. The number of carbonyl (C=O) groups is 2. The zero-order valence-electron chi connectivity index (χ0n) is 18.2. The maximum Gasteiger partial charge on any atom is 0.167 e. The largest absolute Gasteiger partial charge is 0.507 e. The summed E-state index contributed by atoms with van der Waals surface area (Å²) in [5, 5.41) is 20.0. The lowest BCUT2D eigenvalue weighted by atomic mass is 10.1. The first-order chi connectivity index (χ1) is 14.8. The van der Waals surface area contributed by atoms with Crippen molar-refractivity contribution in [3.05, 3.63) is 35.4 Å². The Morgan fingerprint density at radius 2 is 1.10 bits per heavy atom. The second-order valence-electron chi connectivity index (χ2n) is 6.91. The molecule has 168 valence electrons. The van der Waals surface area contributed by atoms with Crippen molar-refractivity contribution in [2.45, 2.75) is 33.1 Å². The number of Topliss-reactive ketones (excluding diaryl/α,β-unsaturated/α-hetero) is 2. The lowest BCUT2D eigenvalue weighted by Crippen LogP contribution is -2.06. The topological polar surface area (TPSA) is 112 Å². The standard InChI is InChI=1S/C23H28O8/c1-14(24)22-18(26)10-16(28-3)12-20(22)30-8-6-5-7-9-31-21-13-17(29-4)11-19(27)23(21)15(2)25/h10-13,26-27H,5-9H2,1-4H3. The summed E-state index contributed by atoms with van der Waals surface area (Å²) in [7, 11) is 2.93. The first-order valence-corrected chi connectivity index (χ1v) is 9.88. The van der Waals surface area contributed by atoms with Gasteiger partial charge in [-0.2, -0.15) is 0 Å². The molecule has 0 radical (unpaired) electrons. The minimum Gasteiger partial charge on any atom is -0.507 e. The number of ether oxygens (including phenoxy) is 4. The summed E-state index contributed by atoms with van der Waals surface area (Å²) in [5.41, 5.74) is 0.248. The summed E-state index contributed by atoms with van der Waals surface area (Å²) in [6.45, 7) is 3.39. The van der Waals surface area contributed by atoms with Crippen molar-refractivity contribution in [1.29, 1.82) is 0 Å². The van der Waals surface area contributed by atoms with Gasteiger partial charge >= 0.3 is 0 Å². The summed E-state index contributed by atoms with van der Waals surface area (Å²) >= 11 is 0. The van der Waals surface area contributed by atoms with Crippen molar-refractivity contribution < 1.29 is 38.7 Å². The Hall–Kier alpha value is -3.42. The highest BCUT2D eigenvalue weighted by Crippen LogP contribution is 2.35. The lowest BCUT2D eigenvalue weighted by molar-refractivity contribution is 0.0997. The van der Waals surface area contributed by atoms with Crippen LogP contribution in [0.3, 0.4) is 0 Å². The van der Waals surface area contributed by atoms with Crippen LogP contribution < -0.4 is 18.9 Å². The molecule has 8 heteroatoms. The zero-order chi connectivity index (χ0) is 23.0. The molecule has 8 nitrogen and oxygen atoms in total. The number of benzene rings is 2. The van der Waals surface area contributed by atoms with E-state index >= 15 is 0 Å². The van der Waals surface area contributed by atoms with E-state index < -0.39 is 0 Å². The third kappa shape index (κ3) is 6.28. The predicted octanol–water partition coefficient (Wildman–Crippen LogP) is 4.15. The first-order valence-electron chi connectivity index (χ1n) is 9.88. The zero-order valence-corrected chi connectivity index (χ0v) is 18.2. The Bertz CT molecular complexity index is 860. The number of phenolic OH excluding ortho intramolecular Hbond substituents is 2. The van der Waals surface area contributed by atoms with Crippen molar-refractivity contribution >= 4 is 11.6 Å². The molecule has 2 aromatic carbocycles. The number of rotatable bonds is 12. The molecule has 31 heavy (non-hydrogen) atoms. The van der Waals surface area contributed by atoms with E-state index in [-0.39, 0.29) is 45.7 Å². The van der Waals surface area contributed by atoms with Crippen LogP contribution in [0.5, 0.6) is 34.5 Å². The number of ketones is 2. The molecule has 0 saturated carbocycles. The van der Waals surface area contributed by atoms with Crippen LogP contribution in [0.2, 0.25) is 0 Å². The highest BCUT2D eigenvalue weighted by atomic mass is 16.5. The van der Waals surface area contributed by atoms with Crippen LogP contribution in [0.4, 0.5) is 0 Å². The van der Waals surface area contributed by atoms with Gasteiger partial charge in [0.15, 0.2) is 11.6 Å². The third-order valence-corrected chi connectivity index (χ3v) is 4.59. The second-order valence-corrected chi connectivity index (χ2v) is 6.91. The number of phenols is 2. The maximum absolute atomic E-state index is 11.8. The fourth-order valence-corrected chi connectivity index (χ4v) is 3.07. The molecule has 2 N–H and O–H groups in total. The quantitative estimate of drug-likeness (QED) is 0.380. The third-order valence-electron chi connectivity index (χ3n) is 4.59. The molecule has 0 fully saturated rings. The Morgan fingerprint density at radius 1 is 0.710 bits per heavy atom. The van der Waals surface area contributed by atoms with Gasteiger partial charge in [-0.1, -0.05) is 0 Å². The van der Waals surface area contributed by atoms with Gasteiger partial charge < -0.3 is 29.2 Å². The monoisotopic (exact) mass is 432 g/mol. The predicted molar refractivity (Wildman–Crippen MR) is 114 cm³/mol. The Kier molecular flexibility index (Phi) is 8.54. The van der Waals surface area contributed by atoms with Crippen molar-refractivity contribution in [3.8, 4) is 34.5 Å². The number of unbranched alkanes of at least 4 members (excludes halogenated alkanes) is 2. The van der Waals surface area contributed by atoms with Crippen LogP contribution in [0.25, 0.3) is 0 Å². The number of hydrogen-bond acceptors (Lipinski definition) is 8. The summed E-state index contributed by atoms with van der Waals surface area (Å²) in [5.74, 6) is 0.383. The Balaban J connectivity index is 1.87. The van der Waals surface area contributed by atoms with Gasteiger partial charge in [-0.3, -0.25) is 9.59 Å². The normalized spacial score (nSPS) is 10.5. The van der Waals surface area contributed by atoms with Crippen molar-refractivity contribution in [2.75, 3.05) is 27.4 Å². The van der Waals surface area contributed by atoms with Gasteiger partial charge in [-0.15, -0.1) is 0 Å².